The zero-order chi connectivity index (χ0) is 18.9. The van der Waals surface area contributed by atoms with Gasteiger partial charge in [0, 0.05) is 19.1 Å². The van der Waals surface area contributed by atoms with E-state index in [4.69, 9.17) is 4.98 Å². The molecule has 2 aliphatic rings. The van der Waals surface area contributed by atoms with Crippen LogP contribution >= 0.6 is 0 Å². The normalized spacial score (nSPS) is 21.3. The van der Waals surface area contributed by atoms with Gasteiger partial charge in [-0.25, -0.2) is 4.68 Å². The number of likely N-dealkylation sites (tertiary alicyclic amines) is 1. The quantitative estimate of drug-likeness (QED) is 0.759. The Hall–Kier alpha value is -2.67. The number of para-hydroxylation sites is 1. The van der Waals surface area contributed by atoms with E-state index in [2.05, 4.69) is 19.9 Å². The summed E-state index contributed by atoms with van der Waals surface area (Å²) in [7, 11) is 0. The van der Waals surface area contributed by atoms with Gasteiger partial charge in [-0.1, -0.05) is 24.6 Å². The molecule has 7 heteroatoms. The maximum atomic E-state index is 12.7. The molecule has 2 aliphatic heterocycles. The minimum atomic E-state index is -0.121. The lowest BCUT2D eigenvalue weighted by molar-refractivity contribution is 0.236. The molecule has 0 spiro atoms. The molecule has 2 aromatic heterocycles. The Morgan fingerprint density at radius 1 is 1.00 bits per heavy atom. The molecular weight excluding hydrogens is 352 g/mol. The number of aromatic nitrogens is 4. The van der Waals surface area contributed by atoms with Crippen LogP contribution in [0.25, 0.3) is 16.7 Å². The predicted molar refractivity (Wildman–Crippen MR) is 110 cm³/mol. The first-order chi connectivity index (χ1) is 13.8. The SMILES string of the molecule is O=c1[nH]c(N2CCCCC(N3CCCC3)C2)nc2c1cnn2-c1ccccc1. The molecule has 0 bridgehead atoms. The summed E-state index contributed by atoms with van der Waals surface area (Å²) in [6.45, 7) is 4.25. The van der Waals surface area contributed by atoms with Gasteiger partial charge in [0.2, 0.25) is 5.95 Å². The topological polar surface area (TPSA) is 70.1 Å². The first-order valence-electron chi connectivity index (χ1n) is 10.3. The largest absolute Gasteiger partial charge is 0.341 e. The predicted octanol–water partition coefficient (Wildman–Crippen LogP) is 2.56. The summed E-state index contributed by atoms with van der Waals surface area (Å²) in [6, 6.07) is 10.4. The van der Waals surface area contributed by atoms with Gasteiger partial charge in [0.25, 0.3) is 5.56 Å². The minimum absolute atomic E-state index is 0.121. The molecule has 146 valence electrons. The molecular formula is C21H26N6O. The van der Waals surface area contributed by atoms with Crippen molar-refractivity contribution in [1.29, 1.82) is 0 Å². The number of hydrogen-bond acceptors (Lipinski definition) is 5. The third-order valence-corrected chi connectivity index (χ3v) is 6.03. The molecule has 0 amide bonds. The molecule has 2 fully saturated rings. The standard InChI is InChI=1S/C21H26N6O/c28-20-18-14-22-27(16-8-2-1-3-9-16)19(18)23-21(24-20)26-13-5-4-10-17(15-26)25-11-6-7-12-25/h1-3,8-9,14,17H,4-7,10-13,15H2,(H,23,24,28). The van der Waals surface area contributed by atoms with Crippen LogP contribution in [-0.2, 0) is 0 Å². The number of H-pyrrole nitrogens is 1. The molecule has 1 N–H and O–H groups in total. The Labute approximate surface area is 164 Å². The van der Waals surface area contributed by atoms with Crippen molar-refractivity contribution >= 4 is 17.0 Å². The number of anilines is 1. The molecule has 5 rings (SSSR count). The summed E-state index contributed by atoms with van der Waals surface area (Å²) >= 11 is 0. The van der Waals surface area contributed by atoms with Crippen molar-refractivity contribution in [1.82, 2.24) is 24.6 Å². The highest BCUT2D eigenvalue weighted by Crippen LogP contribution is 2.23. The van der Waals surface area contributed by atoms with Crippen LogP contribution in [0.15, 0.2) is 41.3 Å². The van der Waals surface area contributed by atoms with Crippen LogP contribution in [0.1, 0.15) is 32.1 Å². The van der Waals surface area contributed by atoms with Crippen LogP contribution in [0.3, 0.4) is 0 Å². The van der Waals surface area contributed by atoms with E-state index < -0.39 is 0 Å². The Morgan fingerprint density at radius 3 is 2.61 bits per heavy atom. The molecule has 1 atom stereocenters. The Bertz CT molecular complexity index is 1000. The van der Waals surface area contributed by atoms with E-state index in [1.807, 2.05) is 30.3 Å². The van der Waals surface area contributed by atoms with Crippen molar-refractivity contribution in [3.63, 3.8) is 0 Å². The number of nitrogens with zero attached hydrogens (tertiary/aromatic N) is 5. The molecule has 0 radical (unpaired) electrons. The molecule has 0 aliphatic carbocycles. The number of rotatable bonds is 3. The van der Waals surface area contributed by atoms with Gasteiger partial charge in [0.05, 0.1) is 11.9 Å². The van der Waals surface area contributed by atoms with Gasteiger partial charge in [-0.05, 0) is 50.9 Å². The number of nitrogens with one attached hydrogen (secondary N) is 1. The number of aromatic amines is 1. The lowest BCUT2D eigenvalue weighted by atomic mass is 10.1. The Balaban J connectivity index is 1.52. The molecule has 0 saturated carbocycles. The summed E-state index contributed by atoms with van der Waals surface area (Å²) in [5, 5.41) is 4.94. The van der Waals surface area contributed by atoms with Crippen molar-refractivity contribution < 1.29 is 0 Å². The summed E-state index contributed by atoms with van der Waals surface area (Å²) in [4.78, 5) is 25.5. The first kappa shape index (κ1) is 17.4. The van der Waals surface area contributed by atoms with Gasteiger partial charge in [0.1, 0.15) is 5.39 Å². The smallest absolute Gasteiger partial charge is 0.263 e. The average Bonchev–Trinajstić information content (AvgIpc) is 3.34. The Kier molecular flexibility index (Phi) is 4.60. The van der Waals surface area contributed by atoms with Crippen LogP contribution in [0.4, 0.5) is 5.95 Å². The minimum Gasteiger partial charge on any atom is -0.341 e. The molecule has 3 aromatic rings. The fraction of sp³-hybridized carbons (Fsp3) is 0.476. The highest BCUT2D eigenvalue weighted by Gasteiger charge is 2.27. The van der Waals surface area contributed by atoms with Gasteiger partial charge in [-0.3, -0.25) is 14.7 Å². The third-order valence-electron chi connectivity index (χ3n) is 6.03. The number of fused-ring (bicyclic) bond motifs is 1. The van der Waals surface area contributed by atoms with E-state index in [1.165, 1.54) is 38.8 Å². The highest BCUT2D eigenvalue weighted by atomic mass is 16.1. The van der Waals surface area contributed by atoms with Crippen molar-refractivity contribution in [3.05, 3.63) is 46.9 Å². The zero-order valence-corrected chi connectivity index (χ0v) is 16.0. The van der Waals surface area contributed by atoms with E-state index in [9.17, 15) is 4.79 Å². The van der Waals surface area contributed by atoms with Gasteiger partial charge in [-0.2, -0.15) is 10.1 Å². The van der Waals surface area contributed by atoms with Crippen molar-refractivity contribution in [2.75, 3.05) is 31.1 Å². The Morgan fingerprint density at radius 2 is 1.79 bits per heavy atom. The molecule has 1 aromatic carbocycles. The summed E-state index contributed by atoms with van der Waals surface area (Å²) < 4.78 is 1.75. The van der Waals surface area contributed by atoms with Crippen molar-refractivity contribution in [3.8, 4) is 5.69 Å². The van der Waals surface area contributed by atoms with Crippen molar-refractivity contribution in [2.24, 2.45) is 0 Å². The summed E-state index contributed by atoms with van der Waals surface area (Å²) in [6.07, 6.45) is 7.79. The second-order valence-corrected chi connectivity index (χ2v) is 7.86. The van der Waals surface area contributed by atoms with E-state index in [0.29, 0.717) is 23.0 Å². The van der Waals surface area contributed by atoms with Crippen LogP contribution < -0.4 is 10.5 Å². The fourth-order valence-electron chi connectivity index (χ4n) is 4.53. The second-order valence-electron chi connectivity index (χ2n) is 7.86. The van der Waals surface area contributed by atoms with Gasteiger partial charge >= 0.3 is 0 Å². The molecule has 28 heavy (non-hydrogen) atoms. The van der Waals surface area contributed by atoms with E-state index >= 15 is 0 Å². The summed E-state index contributed by atoms with van der Waals surface area (Å²) in [5.41, 5.74) is 1.41. The lowest BCUT2D eigenvalue weighted by Crippen LogP contribution is -2.42. The van der Waals surface area contributed by atoms with Gasteiger partial charge < -0.3 is 4.90 Å². The van der Waals surface area contributed by atoms with Crippen LogP contribution in [0.2, 0.25) is 0 Å². The number of hydrogen-bond donors (Lipinski definition) is 1. The average molecular weight is 378 g/mol. The molecule has 4 heterocycles. The van der Waals surface area contributed by atoms with Crippen LogP contribution in [0, 0.1) is 0 Å². The van der Waals surface area contributed by atoms with Crippen LogP contribution in [0.5, 0.6) is 0 Å². The number of benzene rings is 1. The van der Waals surface area contributed by atoms with E-state index in [0.717, 1.165) is 25.2 Å². The van der Waals surface area contributed by atoms with Crippen LogP contribution in [-0.4, -0.2) is 56.9 Å². The maximum Gasteiger partial charge on any atom is 0.263 e. The lowest BCUT2D eigenvalue weighted by Gasteiger charge is -2.30. The molecule has 2 saturated heterocycles. The first-order valence-corrected chi connectivity index (χ1v) is 10.3. The maximum absolute atomic E-state index is 12.7. The van der Waals surface area contributed by atoms with Gasteiger partial charge in [0.15, 0.2) is 5.65 Å². The monoisotopic (exact) mass is 378 g/mol. The van der Waals surface area contributed by atoms with Crippen molar-refractivity contribution in [2.45, 2.75) is 38.1 Å². The second kappa shape index (κ2) is 7.39. The molecule has 7 nitrogen and oxygen atoms in total. The zero-order valence-electron chi connectivity index (χ0n) is 16.0. The molecule has 1 unspecified atom stereocenters. The highest BCUT2D eigenvalue weighted by molar-refractivity contribution is 5.76. The van der Waals surface area contributed by atoms with E-state index in [-0.39, 0.29) is 5.56 Å². The fourth-order valence-corrected chi connectivity index (χ4v) is 4.53. The van der Waals surface area contributed by atoms with Gasteiger partial charge in [-0.15, -0.1) is 0 Å². The third kappa shape index (κ3) is 3.20. The van der Waals surface area contributed by atoms with E-state index in [1.54, 1.807) is 10.9 Å². The summed E-state index contributed by atoms with van der Waals surface area (Å²) in [5.74, 6) is 0.668.